The van der Waals surface area contributed by atoms with E-state index in [0.29, 0.717) is 5.75 Å². The molecular weight excluding hydrogens is 202 g/mol. The summed E-state index contributed by atoms with van der Waals surface area (Å²) in [6.45, 7) is 4.22. The molecule has 0 saturated heterocycles. The van der Waals surface area contributed by atoms with Crippen LogP contribution < -0.4 is 5.32 Å². The zero-order valence-electron chi connectivity index (χ0n) is 9.98. The Morgan fingerprint density at radius 1 is 1.19 bits per heavy atom. The molecule has 3 N–H and O–H groups in total. The molecule has 3 heteroatoms. The Morgan fingerprint density at radius 3 is 2.38 bits per heavy atom. The van der Waals surface area contributed by atoms with Crippen LogP contribution in [0.4, 0.5) is 0 Å². The summed E-state index contributed by atoms with van der Waals surface area (Å²) < 4.78 is 0. The van der Waals surface area contributed by atoms with Crippen molar-refractivity contribution in [3.63, 3.8) is 0 Å². The van der Waals surface area contributed by atoms with Crippen molar-refractivity contribution < 1.29 is 10.2 Å². The fraction of sp³-hybridized carbons (Fsp3) is 0.538. The maximum Gasteiger partial charge on any atom is 0.120 e. The lowest BCUT2D eigenvalue weighted by atomic mass is 10.0. The second-order valence-electron chi connectivity index (χ2n) is 3.97. The molecule has 0 radical (unpaired) electrons. The van der Waals surface area contributed by atoms with Gasteiger partial charge in [0.2, 0.25) is 0 Å². The molecule has 0 amide bonds. The molecule has 1 rings (SSSR count). The summed E-state index contributed by atoms with van der Waals surface area (Å²) >= 11 is 0. The topological polar surface area (TPSA) is 52.5 Å². The normalized spacial score (nSPS) is 14.7. The van der Waals surface area contributed by atoms with Crippen molar-refractivity contribution >= 4 is 0 Å². The Bertz CT molecular complexity index is 311. The van der Waals surface area contributed by atoms with Gasteiger partial charge in [0.15, 0.2) is 0 Å². The van der Waals surface area contributed by atoms with E-state index in [1.807, 2.05) is 25.1 Å². The second-order valence-corrected chi connectivity index (χ2v) is 3.97. The highest BCUT2D eigenvalue weighted by Crippen LogP contribution is 2.26. The van der Waals surface area contributed by atoms with E-state index in [2.05, 4.69) is 12.2 Å². The highest BCUT2D eigenvalue weighted by molar-refractivity contribution is 5.34. The molecule has 90 valence electrons. The van der Waals surface area contributed by atoms with E-state index in [9.17, 15) is 5.11 Å². The number of benzene rings is 1. The third kappa shape index (κ3) is 3.22. The third-order valence-electron chi connectivity index (χ3n) is 2.87. The number of hydrogen-bond acceptors (Lipinski definition) is 3. The smallest absolute Gasteiger partial charge is 0.120 e. The van der Waals surface area contributed by atoms with Crippen LogP contribution in [0, 0.1) is 0 Å². The maximum atomic E-state index is 9.77. The molecule has 0 heterocycles. The van der Waals surface area contributed by atoms with Crippen molar-refractivity contribution in [2.45, 2.75) is 38.8 Å². The van der Waals surface area contributed by atoms with E-state index in [1.54, 1.807) is 6.07 Å². The van der Waals surface area contributed by atoms with E-state index in [0.717, 1.165) is 18.4 Å². The van der Waals surface area contributed by atoms with Crippen molar-refractivity contribution in [1.82, 2.24) is 5.32 Å². The first-order valence-corrected chi connectivity index (χ1v) is 5.87. The van der Waals surface area contributed by atoms with Gasteiger partial charge in [-0.05, 0) is 18.9 Å². The summed E-state index contributed by atoms with van der Waals surface area (Å²) in [6.07, 6.45) is 1.76. The van der Waals surface area contributed by atoms with Crippen LogP contribution >= 0.6 is 0 Å². The van der Waals surface area contributed by atoms with Crippen LogP contribution in [0.3, 0.4) is 0 Å². The van der Waals surface area contributed by atoms with Gasteiger partial charge in [-0.15, -0.1) is 0 Å². The number of para-hydroxylation sites is 1. The minimum Gasteiger partial charge on any atom is -0.508 e. The van der Waals surface area contributed by atoms with Crippen molar-refractivity contribution in [1.29, 1.82) is 0 Å². The number of hydrogen-bond donors (Lipinski definition) is 3. The molecule has 0 aliphatic heterocycles. The van der Waals surface area contributed by atoms with Gasteiger partial charge in [0.1, 0.15) is 5.75 Å². The molecule has 0 aliphatic carbocycles. The van der Waals surface area contributed by atoms with Gasteiger partial charge in [-0.2, -0.15) is 0 Å². The van der Waals surface area contributed by atoms with Crippen LogP contribution in [0.15, 0.2) is 24.3 Å². The van der Waals surface area contributed by atoms with Crippen molar-refractivity contribution in [3.8, 4) is 5.75 Å². The summed E-state index contributed by atoms with van der Waals surface area (Å²) in [5, 5.41) is 22.3. The van der Waals surface area contributed by atoms with E-state index in [4.69, 9.17) is 5.11 Å². The summed E-state index contributed by atoms with van der Waals surface area (Å²) in [5.74, 6) is 0.314. The van der Waals surface area contributed by atoms with Gasteiger partial charge in [0.25, 0.3) is 0 Å². The number of nitrogens with one attached hydrogen (secondary N) is 1. The molecule has 0 aliphatic rings. The molecule has 1 aromatic rings. The zero-order valence-corrected chi connectivity index (χ0v) is 9.98. The van der Waals surface area contributed by atoms with Gasteiger partial charge in [0.05, 0.1) is 6.61 Å². The molecule has 0 aromatic heterocycles. The predicted molar refractivity (Wildman–Crippen MR) is 65.4 cm³/mol. The van der Waals surface area contributed by atoms with Gasteiger partial charge in [-0.1, -0.05) is 32.0 Å². The Morgan fingerprint density at radius 2 is 1.88 bits per heavy atom. The molecule has 0 fully saturated rings. The van der Waals surface area contributed by atoms with Gasteiger partial charge in [-0.25, -0.2) is 0 Å². The van der Waals surface area contributed by atoms with E-state index in [1.165, 1.54) is 0 Å². The predicted octanol–water partition coefficient (Wildman–Crippen LogP) is 2.20. The quantitative estimate of drug-likeness (QED) is 0.693. The first-order chi connectivity index (χ1) is 7.72. The Kier molecular flexibility index (Phi) is 5.29. The molecule has 0 bridgehead atoms. The van der Waals surface area contributed by atoms with Crippen molar-refractivity contribution in [3.05, 3.63) is 29.8 Å². The number of aromatic hydroxyl groups is 1. The number of rotatable bonds is 6. The lowest BCUT2D eigenvalue weighted by Crippen LogP contribution is -2.34. The average Bonchev–Trinajstić information content (AvgIpc) is 2.32. The summed E-state index contributed by atoms with van der Waals surface area (Å²) in [6, 6.07) is 7.52. The molecule has 2 atom stereocenters. The maximum absolute atomic E-state index is 9.77. The Hall–Kier alpha value is -1.06. The van der Waals surface area contributed by atoms with Gasteiger partial charge in [0, 0.05) is 17.6 Å². The van der Waals surface area contributed by atoms with Crippen molar-refractivity contribution in [2.24, 2.45) is 0 Å². The SMILES string of the molecule is CCC(N[C@H](CC)CO)c1ccccc1O. The number of phenols is 1. The Labute approximate surface area is 97.1 Å². The molecule has 1 unspecified atom stereocenters. The van der Waals surface area contributed by atoms with Crippen LogP contribution in [0.5, 0.6) is 5.75 Å². The van der Waals surface area contributed by atoms with Crippen LogP contribution in [0.25, 0.3) is 0 Å². The van der Waals surface area contributed by atoms with E-state index in [-0.39, 0.29) is 18.7 Å². The minimum atomic E-state index is 0.0876. The fourth-order valence-electron chi connectivity index (χ4n) is 1.79. The molecule has 0 spiro atoms. The first-order valence-electron chi connectivity index (χ1n) is 5.87. The second kappa shape index (κ2) is 6.51. The van der Waals surface area contributed by atoms with Crippen LogP contribution in [0.2, 0.25) is 0 Å². The molecule has 1 aromatic carbocycles. The minimum absolute atomic E-state index is 0.0876. The lowest BCUT2D eigenvalue weighted by molar-refractivity contribution is 0.225. The van der Waals surface area contributed by atoms with Crippen LogP contribution in [0.1, 0.15) is 38.3 Å². The standard InChI is InChI=1S/C13H21NO2/c1-3-10(9-15)14-12(4-2)11-7-5-6-8-13(11)16/h5-8,10,12,14-16H,3-4,9H2,1-2H3/t10-,12?/m1/s1. The summed E-state index contributed by atoms with van der Waals surface area (Å²) in [7, 11) is 0. The van der Waals surface area contributed by atoms with E-state index >= 15 is 0 Å². The first kappa shape index (κ1) is 13.0. The molecule has 3 nitrogen and oxygen atoms in total. The summed E-state index contributed by atoms with van der Waals surface area (Å²) in [5.41, 5.74) is 0.900. The number of aliphatic hydroxyl groups excluding tert-OH is 1. The van der Waals surface area contributed by atoms with Gasteiger partial charge >= 0.3 is 0 Å². The highest BCUT2D eigenvalue weighted by atomic mass is 16.3. The molecule has 0 saturated carbocycles. The number of aliphatic hydroxyl groups is 1. The monoisotopic (exact) mass is 223 g/mol. The van der Waals surface area contributed by atoms with Gasteiger partial charge < -0.3 is 15.5 Å². The average molecular weight is 223 g/mol. The number of phenolic OH excluding ortho intramolecular Hbond substituents is 1. The highest BCUT2D eigenvalue weighted by Gasteiger charge is 2.16. The van der Waals surface area contributed by atoms with E-state index < -0.39 is 0 Å². The van der Waals surface area contributed by atoms with Crippen LogP contribution in [-0.2, 0) is 0 Å². The zero-order chi connectivity index (χ0) is 12.0. The lowest BCUT2D eigenvalue weighted by Gasteiger charge is -2.23. The van der Waals surface area contributed by atoms with Crippen molar-refractivity contribution in [2.75, 3.05) is 6.61 Å². The summed E-state index contributed by atoms with van der Waals surface area (Å²) in [4.78, 5) is 0. The molecule has 16 heavy (non-hydrogen) atoms. The largest absolute Gasteiger partial charge is 0.508 e. The Balaban J connectivity index is 2.78. The fourth-order valence-corrected chi connectivity index (χ4v) is 1.79. The molecular formula is C13H21NO2. The van der Waals surface area contributed by atoms with Gasteiger partial charge in [-0.3, -0.25) is 0 Å². The van der Waals surface area contributed by atoms with Crippen LogP contribution in [-0.4, -0.2) is 22.9 Å². The third-order valence-corrected chi connectivity index (χ3v) is 2.87.